The quantitative estimate of drug-likeness (QED) is 0.251. The fraction of sp³-hybridized carbons (Fsp3) is 0.290. The van der Waals surface area contributed by atoms with Crippen molar-refractivity contribution < 1.29 is 19.4 Å². The number of hydrogen-bond donors (Lipinski definition) is 1. The third-order valence-electron chi connectivity index (χ3n) is 6.74. The van der Waals surface area contributed by atoms with Gasteiger partial charge < -0.3 is 9.84 Å². The van der Waals surface area contributed by atoms with Crippen molar-refractivity contribution in [1.29, 1.82) is 0 Å². The number of aliphatic hydroxyl groups excluding tert-OH is 1. The van der Waals surface area contributed by atoms with E-state index in [1.165, 1.54) is 4.90 Å². The second kappa shape index (κ2) is 9.65. The van der Waals surface area contributed by atoms with E-state index in [0.29, 0.717) is 23.6 Å². The van der Waals surface area contributed by atoms with Gasteiger partial charge in [0.05, 0.1) is 18.2 Å². The largest absolute Gasteiger partial charge is 0.507 e. The molecule has 0 spiro atoms. The van der Waals surface area contributed by atoms with E-state index >= 15 is 0 Å². The minimum absolute atomic E-state index is 0.0468. The summed E-state index contributed by atoms with van der Waals surface area (Å²) in [5.74, 6) is -0.868. The lowest BCUT2D eigenvalue weighted by Crippen LogP contribution is -2.29. The van der Waals surface area contributed by atoms with Gasteiger partial charge in [0.2, 0.25) is 0 Å². The molecule has 5 heteroatoms. The molecule has 0 aromatic heterocycles. The van der Waals surface area contributed by atoms with Crippen LogP contribution < -0.4 is 9.64 Å². The van der Waals surface area contributed by atoms with Crippen molar-refractivity contribution in [3.05, 3.63) is 100 Å². The van der Waals surface area contributed by atoms with E-state index in [9.17, 15) is 14.7 Å². The Hall–Kier alpha value is -3.86. The van der Waals surface area contributed by atoms with Gasteiger partial charge in [0.25, 0.3) is 11.7 Å². The van der Waals surface area contributed by atoms with Gasteiger partial charge in [-0.15, -0.1) is 0 Å². The van der Waals surface area contributed by atoms with E-state index in [2.05, 4.69) is 20.8 Å². The molecule has 1 saturated heterocycles. The van der Waals surface area contributed by atoms with Crippen LogP contribution >= 0.6 is 0 Å². The Morgan fingerprint density at radius 1 is 0.917 bits per heavy atom. The molecule has 1 heterocycles. The van der Waals surface area contributed by atoms with E-state index in [1.807, 2.05) is 57.2 Å². The highest BCUT2D eigenvalue weighted by Crippen LogP contribution is 2.43. The summed E-state index contributed by atoms with van der Waals surface area (Å²) in [6, 6.07) is 19.8. The molecule has 5 nitrogen and oxygen atoms in total. The number of carbonyl (C=O) groups excluding carboxylic acids is 2. The molecule has 0 saturated carbocycles. The number of Topliss-reactive ketones (excluding diaryl/α,β-unsaturated/α-hetero) is 1. The molecule has 0 bridgehead atoms. The molecule has 1 N–H and O–H groups in total. The van der Waals surface area contributed by atoms with Crippen molar-refractivity contribution in [3.8, 4) is 5.75 Å². The number of hydrogen-bond acceptors (Lipinski definition) is 4. The molecule has 36 heavy (non-hydrogen) atoms. The molecular formula is C31H33NO4. The number of ether oxygens (including phenoxy) is 1. The summed E-state index contributed by atoms with van der Waals surface area (Å²) in [5, 5.41) is 11.4. The Labute approximate surface area is 213 Å². The van der Waals surface area contributed by atoms with Crippen LogP contribution in [0.2, 0.25) is 0 Å². The van der Waals surface area contributed by atoms with E-state index in [1.54, 1.807) is 30.3 Å². The topological polar surface area (TPSA) is 66.8 Å². The number of anilines is 1. The summed E-state index contributed by atoms with van der Waals surface area (Å²) >= 11 is 0. The first-order valence-electron chi connectivity index (χ1n) is 12.2. The molecule has 4 rings (SSSR count). The van der Waals surface area contributed by atoms with Crippen molar-refractivity contribution in [2.24, 2.45) is 0 Å². The number of aliphatic hydroxyl groups is 1. The molecular weight excluding hydrogens is 450 g/mol. The average Bonchev–Trinajstić information content (AvgIpc) is 3.11. The Bertz CT molecular complexity index is 1330. The van der Waals surface area contributed by atoms with Gasteiger partial charge in [0.1, 0.15) is 11.5 Å². The molecule has 3 aromatic carbocycles. The number of amides is 1. The second-order valence-corrected chi connectivity index (χ2v) is 10.3. The van der Waals surface area contributed by atoms with Crippen LogP contribution in [0.25, 0.3) is 5.76 Å². The first kappa shape index (κ1) is 25.2. The van der Waals surface area contributed by atoms with Crippen LogP contribution in [-0.2, 0) is 15.0 Å². The van der Waals surface area contributed by atoms with Crippen LogP contribution in [0, 0.1) is 13.8 Å². The summed E-state index contributed by atoms with van der Waals surface area (Å²) < 4.78 is 5.55. The molecule has 1 amide bonds. The first-order valence-corrected chi connectivity index (χ1v) is 12.2. The molecule has 1 atom stereocenters. The van der Waals surface area contributed by atoms with Gasteiger partial charge in [-0.3, -0.25) is 14.5 Å². The molecule has 0 aliphatic carbocycles. The van der Waals surface area contributed by atoms with Crippen molar-refractivity contribution in [2.45, 2.75) is 53.0 Å². The van der Waals surface area contributed by atoms with Gasteiger partial charge in [-0.05, 0) is 78.8 Å². The van der Waals surface area contributed by atoms with Crippen LogP contribution in [0.1, 0.15) is 61.6 Å². The highest BCUT2D eigenvalue weighted by molar-refractivity contribution is 6.51. The maximum Gasteiger partial charge on any atom is 0.300 e. The Kier molecular flexibility index (Phi) is 6.77. The molecule has 1 fully saturated rings. The fourth-order valence-corrected chi connectivity index (χ4v) is 4.49. The fourth-order valence-electron chi connectivity index (χ4n) is 4.49. The van der Waals surface area contributed by atoms with Gasteiger partial charge in [0.15, 0.2) is 0 Å². The first-order chi connectivity index (χ1) is 17.0. The number of nitrogens with zero attached hydrogens (tertiary/aromatic N) is 1. The van der Waals surface area contributed by atoms with E-state index in [-0.39, 0.29) is 16.7 Å². The van der Waals surface area contributed by atoms with Crippen molar-refractivity contribution >= 4 is 23.1 Å². The summed E-state index contributed by atoms with van der Waals surface area (Å²) in [6.07, 6.45) is 0. The molecule has 0 radical (unpaired) electrons. The zero-order valence-corrected chi connectivity index (χ0v) is 21.8. The van der Waals surface area contributed by atoms with Gasteiger partial charge in [-0.1, -0.05) is 57.2 Å². The Balaban J connectivity index is 1.90. The normalized spacial score (nSPS) is 17.5. The van der Waals surface area contributed by atoms with Gasteiger partial charge in [0, 0.05) is 11.3 Å². The van der Waals surface area contributed by atoms with Crippen molar-refractivity contribution in [2.75, 3.05) is 11.5 Å². The summed E-state index contributed by atoms with van der Waals surface area (Å²) in [7, 11) is 0. The predicted molar refractivity (Wildman–Crippen MR) is 143 cm³/mol. The third kappa shape index (κ3) is 4.66. The van der Waals surface area contributed by atoms with Crippen molar-refractivity contribution in [1.82, 2.24) is 0 Å². The maximum absolute atomic E-state index is 13.4. The minimum Gasteiger partial charge on any atom is -0.507 e. The number of benzene rings is 3. The van der Waals surface area contributed by atoms with Crippen LogP contribution in [-0.4, -0.2) is 23.4 Å². The maximum atomic E-state index is 13.4. The standard InChI is InChI=1S/C31H33NO4/c1-7-36-25-16-14-24(15-17-25)32-27(21-10-12-23(13-11-21)31(4,5)6)26(29(34)30(32)35)28(33)22-9-8-19(2)20(3)18-22/h8-18,27,33H,7H2,1-6H3/b28-26-. The smallest absolute Gasteiger partial charge is 0.300 e. The van der Waals surface area contributed by atoms with Gasteiger partial charge >= 0.3 is 0 Å². The van der Waals surface area contributed by atoms with Crippen LogP contribution in [0.3, 0.4) is 0 Å². The van der Waals surface area contributed by atoms with Gasteiger partial charge in [-0.2, -0.15) is 0 Å². The minimum atomic E-state index is -0.765. The molecule has 3 aromatic rings. The van der Waals surface area contributed by atoms with E-state index < -0.39 is 17.7 Å². The van der Waals surface area contributed by atoms with Crippen LogP contribution in [0.5, 0.6) is 5.75 Å². The highest BCUT2D eigenvalue weighted by atomic mass is 16.5. The highest BCUT2D eigenvalue weighted by Gasteiger charge is 2.47. The van der Waals surface area contributed by atoms with Crippen LogP contribution in [0.15, 0.2) is 72.3 Å². The Morgan fingerprint density at radius 2 is 1.56 bits per heavy atom. The van der Waals surface area contributed by atoms with E-state index in [0.717, 1.165) is 22.3 Å². The third-order valence-corrected chi connectivity index (χ3v) is 6.74. The monoisotopic (exact) mass is 483 g/mol. The zero-order chi connectivity index (χ0) is 26.2. The zero-order valence-electron chi connectivity index (χ0n) is 21.8. The molecule has 186 valence electrons. The van der Waals surface area contributed by atoms with E-state index in [4.69, 9.17) is 4.74 Å². The number of ketones is 1. The lowest BCUT2D eigenvalue weighted by Gasteiger charge is -2.27. The number of carbonyl (C=O) groups is 2. The summed E-state index contributed by atoms with van der Waals surface area (Å²) in [5.41, 5.74) is 5.07. The predicted octanol–water partition coefficient (Wildman–Crippen LogP) is 6.63. The summed E-state index contributed by atoms with van der Waals surface area (Å²) in [4.78, 5) is 28.3. The number of aryl methyl sites for hydroxylation is 2. The lowest BCUT2D eigenvalue weighted by atomic mass is 9.85. The molecule has 1 aliphatic heterocycles. The lowest BCUT2D eigenvalue weighted by molar-refractivity contribution is -0.132. The van der Waals surface area contributed by atoms with Gasteiger partial charge in [-0.25, -0.2) is 0 Å². The Morgan fingerprint density at radius 3 is 2.11 bits per heavy atom. The molecule has 1 aliphatic rings. The SMILES string of the molecule is CCOc1ccc(N2C(=O)C(=O)/C(=C(\O)c3ccc(C)c(C)c3)C2c2ccc(C(C)(C)C)cc2)cc1. The molecule has 1 unspecified atom stereocenters. The summed E-state index contributed by atoms with van der Waals surface area (Å²) in [6.45, 7) is 12.8. The second-order valence-electron chi connectivity index (χ2n) is 10.3. The number of rotatable bonds is 5. The van der Waals surface area contributed by atoms with Crippen LogP contribution in [0.4, 0.5) is 5.69 Å². The van der Waals surface area contributed by atoms with Crippen molar-refractivity contribution in [3.63, 3.8) is 0 Å². The average molecular weight is 484 g/mol.